The van der Waals surface area contributed by atoms with Gasteiger partial charge in [-0.1, -0.05) is 6.07 Å². The van der Waals surface area contributed by atoms with E-state index in [9.17, 15) is 0 Å². The lowest BCUT2D eigenvalue weighted by atomic mass is 10.2. The van der Waals surface area contributed by atoms with E-state index in [-0.39, 0.29) is 0 Å². The molecule has 1 aromatic carbocycles. The van der Waals surface area contributed by atoms with Crippen molar-refractivity contribution in [1.29, 1.82) is 0 Å². The summed E-state index contributed by atoms with van der Waals surface area (Å²) in [6.45, 7) is 0. The summed E-state index contributed by atoms with van der Waals surface area (Å²) in [5, 5.41) is 1.67. The standard InChI is InChI=1S/C9H8N2O/c10-8-3-1-2-7-6-12-5-4-11-9(7)8/h1-6H,10H2. The molecular weight excluding hydrogens is 152 g/mol. The minimum absolute atomic E-state index is 0.666. The van der Waals surface area contributed by atoms with Gasteiger partial charge < -0.3 is 10.5 Å². The van der Waals surface area contributed by atoms with E-state index in [4.69, 9.17) is 10.5 Å². The predicted octanol–water partition coefficient (Wildman–Crippen LogP) is 0.128. The minimum atomic E-state index is 0.666. The van der Waals surface area contributed by atoms with Crippen molar-refractivity contribution < 1.29 is 4.74 Å². The van der Waals surface area contributed by atoms with Crippen LogP contribution in [0.1, 0.15) is 0 Å². The van der Waals surface area contributed by atoms with Gasteiger partial charge in [-0.25, -0.2) is 0 Å². The van der Waals surface area contributed by atoms with E-state index < -0.39 is 0 Å². The molecule has 3 heteroatoms. The van der Waals surface area contributed by atoms with Gasteiger partial charge in [0, 0.05) is 5.22 Å². The van der Waals surface area contributed by atoms with E-state index in [0.29, 0.717) is 5.69 Å². The van der Waals surface area contributed by atoms with Crippen molar-refractivity contribution in [3.63, 3.8) is 0 Å². The van der Waals surface area contributed by atoms with Gasteiger partial charge >= 0.3 is 0 Å². The number of hydrogen-bond donors (Lipinski definition) is 1. The number of benzene rings is 1. The van der Waals surface area contributed by atoms with Crippen molar-refractivity contribution in [1.82, 2.24) is 0 Å². The molecule has 2 N–H and O–H groups in total. The molecule has 0 spiro atoms. The van der Waals surface area contributed by atoms with Gasteiger partial charge in [0.05, 0.1) is 23.5 Å². The number of ether oxygens (including phenoxy) is 1. The van der Waals surface area contributed by atoms with Crippen molar-refractivity contribution in [3.8, 4) is 0 Å². The summed E-state index contributed by atoms with van der Waals surface area (Å²) in [6, 6.07) is 5.59. The van der Waals surface area contributed by atoms with Crippen LogP contribution < -0.4 is 16.3 Å². The Morgan fingerprint density at radius 1 is 1.33 bits per heavy atom. The van der Waals surface area contributed by atoms with Gasteiger partial charge in [0.2, 0.25) is 0 Å². The van der Waals surface area contributed by atoms with Gasteiger partial charge in [-0.2, -0.15) is 0 Å². The molecular formula is C9H8N2O. The molecule has 0 bridgehead atoms. The average molecular weight is 160 g/mol. The van der Waals surface area contributed by atoms with Gasteiger partial charge in [0.25, 0.3) is 0 Å². The molecule has 0 aromatic heterocycles. The monoisotopic (exact) mass is 160 g/mol. The zero-order valence-electron chi connectivity index (χ0n) is 6.40. The minimum Gasteiger partial charge on any atom is -0.470 e. The molecule has 0 aliphatic carbocycles. The topological polar surface area (TPSA) is 47.6 Å². The van der Waals surface area contributed by atoms with Gasteiger partial charge in [-0.05, 0) is 12.1 Å². The third kappa shape index (κ3) is 1.05. The summed E-state index contributed by atoms with van der Waals surface area (Å²) in [7, 11) is 0. The fraction of sp³-hybridized carbons (Fsp3) is 0. The van der Waals surface area contributed by atoms with E-state index >= 15 is 0 Å². The molecule has 60 valence electrons. The summed E-state index contributed by atoms with van der Waals surface area (Å²) < 4.78 is 5.02. The second-order valence-corrected chi connectivity index (χ2v) is 2.45. The van der Waals surface area contributed by atoms with E-state index in [1.165, 1.54) is 6.26 Å². The third-order valence-electron chi connectivity index (χ3n) is 1.64. The largest absolute Gasteiger partial charge is 0.470 e. The highest BCUT2D eigenvalue weighted by atomic mass is 16.5. The van der Waals surface area contributed by atoms with Crippen molar-refractivity contribution in [3.05, 3.63) is 41.2 Å². The zero-order valence-corrected chi connectivity index (χ0v) is 6.40. The van der Waals surface area contributed by atoms with Crippen molar-refractivity contribution >= 4 is 11.9 Å². The van der Waals surface area contributed by atoms with E-state index in [1.54, 1.807) is 12.5 Å². The quantitative estimate of drug-likeness (QED) is 0.548. The maximum absolute atomic E-state index is 5.71. The van der Waals surface area contributed by atoms with E-state index in [2.05, 4.69) is 4.99 Å². The Balaban J connectivity index is 2.87. The van der Waals surface area contributed by atoms with Crippen molar-refractivity contribution in [2.24, 2.45) is 4.99 Å². The fourth-order valence-corrected chi connectivity index (χ4v) is 1.08. The number of nitrogens with two attached hydrogens (primary N) is 1. The van der Waals surface area contributed by atoms with Crippen LogP contribution in [-0.2, 0) is 4.74 Å². The van der Waals surface area contributed by atoms with Crippen LogP contribution in [0.4, 0.5) is 5.69 Å². The van der Waals surface area contributed by atoms with Gasteiger partial charge in [0.1, 0.15) is 6.26 Å². The summed E-state index contributed by atoms with van der Waals surface area (Å²) >= 11 is 0. The maximum atomic E-state index is 5.71. The smallest absolute Gasteiger partial charge is 0.108 e. The predicted molar refractivity (Wildman–Crippen MR) is 46.3 cm³/mol. The molecule has 3 nitrogen and oxygen atoms in total. The highest BCUT2D eigenvalue weighted by molar-refractivity contribution is 5.39. The van der Waals surface area contributed by atoms with E-state index in [1.807, 2.05) is 18.2 Å². The molecule has 1 aliphatic heterocycles. The Bertz CT molecular complexity index is 434. The van der Waals surface area contributed by atoms with Crippen molar-refractivity contribution in [2.75, 3.05) is 5.73 Å². The van der Waals surface area contributed by atoms with Crippen LogP contribution in [0.2, 0.25) is 0 Å². The molecule has 1 heterocycles. The molecule has 0 atom stereocenters. The van der Waals surface area contributed by atoms with Crippen molar-refractivity contribution in [2.45, 2.75) is 0 Å². The van der Waals surface area contributed by atoms with Crippen LogP contribution in [0.5, 0.6) is 0 Å². The summed E-state index contributed by atoms with van der Waals surface area (Å²) in [4.78, 5) is 4.12. The second-order valence-electron chi connectivity index (χ2n) is 2.45. The maximum Gasteiger partial charge on any atom is 0.108 e. The van der Waals surface area contributed by atoms with Crippen LogP contribution in [-0.4, -0.2) is 0 Å². The van der Waals surface area contributed by atoms with Crippen LogP contribution in [0.15, 0.2) is 35.7 Å². The highest BCUT2D eigenvalue weighted by Gasteiger charge is 1.93. The lowest BCUT2D eigenvalue weighted by Crippen LogP contribution is -2.27. The molecule has 0 fully saturated rings. The molecule has 0 radical (unpaired) electrons. The molecule has 1 aliphatic rings. The first kappa shape index (κ1) is 6.91. The number of para-hydroxylation sites is 1. The number of hydrogen-bond acceptors (Lipinski definition) is 3. The van der Waals surface area contributed by atoms with Crippen LogP contribution in [0, 0.1) is 0 Å². The molecule has 12 heavy (non-hydrogen) atoms. The Kier molecular flexibility index (Phi) is 1.55. The normalized spacial score (nSPS) is 13.3. The van der Waals surface area contributed by atoms with Gasteiger partial charge in [-0.15, -0.1) is 0 Å². The van der Waals surface area contributed by atoms with Crippen LogP contribution in [0.3, 0.4) is 0 Å². The molecule has 0 amide bonds. The Morgan fingerprint density at radius 3 is 3.17 bits per heavy atom. The molecule has 1 aromatic rings. The Morgan fingerprint density at radius 2 is 2.25 bits per heavy atom. The molecule has 2 rings (SSSR count). The van der Waals surface area contributed by atoms with Gasteiger partial charge in [-0.3, -0.25) is 4.99 Å². The summed E-state index contributed by atoms with van der Waals surface area (Å²) in [5.41, 5.74) is 6.37. The second kappa shape index (κ2) is 2.70. The number of fused-ring (bicyclic) bond motifs is 1. The number of anilines is 1. The summed E-state index contributed by atoms with van der Waals surface area (Å²) in [5.74, 6) is 0. The Hall–Kier alpha value is -1.77. The first-order valence-corrected chi connectivity index (χ1v) is 3.61. The molecule has 0 saturated heterocycles. The van der Waals surface area contributed by atoms with Gasteiger partial charge in [0.15, 0.2) is 0 Å². The molecule has 0 saturated carbocycles. The molecule has 0 unspecified atom stereocenters. The number of rotatable bonds is 0. The van der Waals surface area contributed by atoms with Crippen LogP contribution >= 0.6 is 0 Å². The lowest BCUT2D eigenvalue weighted by Gasteiger charge is -1.91. The number of nitrogen functional groups attached to an aromatic ring is 1. The summed E-state index contributed by atoms with van der Waals surface area (Å²) in [6.07, 6.45) is 4.72. The lowest BCUT2D eigenvalue weighted by molar-refractivity contribution is 0.460. The Labute approximate surface area is 69.5 Å². The first-order valence-electron chi connectivity index (χ1n) is 3.61. The third-order valence-corrected chi connectivity index (χ3v) is 1.64. The van der Waals surface area contributed by atoms with Crippen LogP contribution in [0.25, 0.3) is 6.26 Å². The average Bonchev–Trinajstić information content (AvgIpc) is 2.30. The number of nitrogens with zero attached hydrogens (tertiary/aromatic N) is 1. The van der Waals surface area contributed by atoms with E-state index in [0.717, 1.165) is 10.6 Å². The first-order chi connectivity index (χ1) is 5.88. The fourth-order valence-electron chi connectivity index (χ4n) is 1.08. The SMILES string of the molecule is Nc1cccc2c1=NC=COC=2. The highest BCUT2D eigenvalue weighted by Crippen LogP contribution is 1.90. The zero-order chi connectivity index (χ0) is 8.39.